The van der Waals surface area contributed by atoms with Gasteiger partial charge in [0.1, 0.15) is 0 Å². The lowest BCUT2D eigenvalue weighted by Gasteiger charge is -2.19. The van der Waals surface area contributed by atoms with Crippen molar-refractivity contribution in [3.63, 3.8) is 0 Å². The Bertz CT molecular complexity index is 676. The van der Waals surface area contributed by atoms with Gasteiger partial charge in [-0.05, 0) is 41.6 Å². The fourth-order valence-electron chi connectivity index (χ4n) is 2.38. The number of benzene rings is 1. The maximum absolute atomic E-state index is 4.57. The van der Waals surface area contributed by atoms with Crippen molar-refractivity contribution in [2.75, 3.05) is 6.54 Å². The highest BCUT2D eigenvalue weighted by atomic mass is 32.1. The average Bonchev–Trinajstić information content (AvgIpc) is 2.96. The number of aromatic nitrogens is 1. The zero-order valence-corrected chi connectivity index (χ0v) is 12.4. The molecule has 102 valence electrons. The van der Waals surface area contributed by atoms with Crippen LogP contribution >= 0.6 is 11.3 Å². The van der Waals surface area contributed by atoms with Gasteiger partial charge in [0, 0.05) is 6.20 Å². The van der Waals surface area contributed by atoms with Crippen molar-refractivity contribution in [1.29, 1.82) is 0 Å². The molecule has 0 spiro atoms. The molecule has 1 aromatic carbocycles. The first-order chi connectivity index (χ1) is 9.88. The van der Waals surface area contributed by atoms with E-state index in [9.17, 15) is 0 Å². The van der Waals surface area contributed by atoms with Crippen LogP contribution in [-0.2, 0) is 0 Å². The van der Waals surface area contributed by atoms with Gasteiger partial charge in [0.05, 0.1) is 16.3 Å². The van der Waals surface area contributed by atoms with E-state index in [0.717, 1.165) is 18.5 Å². The van der Waals surface area contributed by atoms with Crippen molar-refractivity contribution in [3.05, 3.63) is 65.2 Å². The normalized spacial score (nSPS) is 12.7. The smallest absolute Gasteiger partial charge is 0.0809 e. The third-order valence-corrected chi connectivity index (χ3v) is 4.24. The molecular formula is C17H18N2S. The van der Waals surface area contributed by atoms with Gasteiger partial charge in [-0.3, -0.25) is 4.98 Å². The van der Waals surface area contributed by atoms with E-state index in [4.69, 9.17) is 0 Å². The highest BCUT2D eigenvalue weighted by molar-refractivity contribution is 7.17. The third-order valence-electron chi connectivity index (χ3n) is 3.39. The predicted molar refractivity (Wildman–Crippen MR) is 86.2 cm³/mol. The van der Waals surface area contributed by atoms with Crippen LogP contribution in [-0.4, -0.2) is 11.5 Å². The molecule has 0 saturated carbocycles. The van der Waals surface area contributed by atoms with Crippen LogP contribution in [0.15, 0.2) is 54.0 Å². The van der Waals surface area contributed by atoms with Gasteiger partial charge in [-0.25, -0.2) is 0 Å². The van der Waals surface area contributed by atoms with Crippen molar-refractivity contribution in [2.24, 2.45) is 0 Å². The molecule has 3 heteroatoms. The molecule has 1 atom stereocenters. The molecular weight excluding hydrogens is 264 g/mol. The fourth-order valence-corrected chi connectivity index (χ4v) is 3.17. The number of hydrogen-bond donors (Lipinski definition) is 1. The molecule has 0 saturated heterocycles. The Kier molecular flexibility index (Phi) is 4.09. The van der Waals surface area contributed by atoms with Crippen LogP contribution in [0.25, 0.3) is 10.2 Å². The summed E-state index contributed by atoms with van der Waals surface area (Å²) in [6, 6.07) is 15.1. The third kappa shape index (κ3) is 2.74. The number of hydrogen-bond acceptors (Lipinski definition) is 3. The van der Waals surface area contributed by atoms with Crippen LogP contribution in [0, 0.1) is 0 Å². The Morgan fingerprint density at radius 3 is 2.80 bits per heavy atom. The SMILES string of the molecule is CCCNC(c1ccccc1)c1cnc2ccsc2c1. The van der Waals surface area contributed by atoms with Gasteiger partial charge in [-0.1, -0.05) is 37.3 Å². The first-order valence-corrected chi connectivity index (χ1v) is 7.88. The van der Waals surface area contributed by atoms with E-state index in [0.29, 0.717) is 0 Å². The summed E-state index contributed by atoms with van der Waals surface area (Å²) < 4.78 is 1.25. The maximum Gasteiger partial charge on any atom is 0.0809 e. The number of thiophene rings is 1. The largest absolute Gasteiger partial charge is 0.306 e. The second-order valence-electron chi connectivity index (χ2n) is 4.87. The van der Waals surface area contributed by atoms with Crippen molar-refractivity contribution < 1.29 is 0 Å². The summed E-state index contributed by atoms with van der Waals surface area (Å²) in [4.78, 5) is 4.57. The summed E-state index contributed by atoms with van der Waals surface area (Å²) >= 11 is 1.75. The van der Waals surface area contributed by atoms with E-state index in [2.05, 4.69) is 65.1 Å². The van der Waals surface area contributed by atoms with Crippen molar-refractivity contribution in [3.8, 4) is 0 Å². The van der Waals surface area contributed by atoms with Crippen LogP contribution in [0.2, 0.25) is 0 Å². The van der Waals surface area contributed by atoms with Crippen LogP contribution in [0.4, 0.5) is 0 Å². The molecule has 2 heterocycles. The standard InChI is InChI=1S/C17H18N2S/c1-2-9-18-17(13-6-4-3-5-7-13)14-11-16-15(19-12-14)8-10-20-16/h3-8,10-12,17-18H,2,9H2,1H3. The van der Waals surface area contributed by atoms with Crippen LogP contribution in [0.1, 0.15) is 30.5 Å². The van der Waals surface area contributed by atoms with E-state index in [-0.39, 0.29) is 6.04 Å². The summed E-state index contributed by atoms with van der Waals surface area (Å²) in [5.74, 6) is 0. The quantitative estimate of drug-likeness (QED) is 0.751. The Morgan fingerprint density at radius 2 is 2.00 bits per heavy atom. The van der Waals surface area contributed by atoms with Crippen LogP contribution < -0.4 is 5.32 Å². The monoisotopic (exact) mass is 282 g/mol. The van der Waals surface area contributed by atoms with Crippen molar-refractivity contribution in [1.82, 2.24) is 10.3 Å². The second kappa shape index (κ2) is 6.16. The molecule has 3 aromatic rings. The molecule has 0 radical (unpaired) electrons. The molecule has 20 heavy (non-hydrogen) atoms. The number of nitrogens with zero attached hydrogens (tertiary/aromatic N) is 1. The maximum atomic E-state index is 4.57. The van der Waals surface area contributed by atoms with Gasteiger partial charge in [0.15, 0.2) is 0 Å². The molecule has 3 rings (SSSR count). The molecule has 0 aliphatic carbocycles. The summed E-state index contributed by atoms with van der Waals surface area (Å²) in [6.07, 6.45) is 3.12. The van der Waals surface area contributed by atoms with Gasteiger partial charge in [0.25, 0.3) is 0 Å². The predicted octanol–water partition coefficient (Wildman–Crippen LogP) is 4.39. The van der Waals surface area contributed by atoms with E-state index in [1.54, 1.807) is 11.3 Å². The van der Waals surface area contributed by atoms with Gasteiger partial charge in [-0.2, -0.15) is 0 Å². The zero-order chi connectivity index (χ0) is 13.8. The van der Waals surface area contributed by atoms with Crippen molar-refractivity contribution >= 4 is 21.6 Å². The van der Waals surface area contributed by atoms with Gasteiger partial charge >= 0.3 is 0 Å². The minimum Gasteiger partial charge on any atom is -0.306 e. The van der Waals surface area contributed by atoms with E-state index < -0.39 is 0 Å². The highest BCUT2D eigenvalue weighted by Crippen LogP contribution is 2.26. The molecule has 1 unspecified atom stereocenters. The minimum atomic E-state index is 0.218. The lowest BCUT2D eigenvalue weighted by Crippen LogP contribution is -2.23. The number of nitrogens with one attached hydrogen (secondary N) is 1. The first-order valence-electron chi connectivity index (χ1n) is 7.00. The zero-order valence-electron chi connectivity index (χ0n) is 11.5. The number of fused-ring (bicyclic) bond motifs is 1. The van der Waals surface area contributed by atoms with Gasteiger partial charge in [0.2, 0.25) is 0 Å². The Labute approximate surface area is 123 Å². The lowest BCUT2D eigenvalue weighted by molar-refractivity contribution is 0.598. The van der Waals surface area contributed by atoms with Gasteiger partial charge < -0.3 is 5.32 Å². The van der Waals surface area contributed by atoms with Crippen LogP contribution in [0.5, 0.6) is 0 Å². The molecule has 0 aliphatic heterocycles. The molecule has 0 aliphatic rings. The molecule has 0 bridgehead atoms. The van der Waals surface area contributed by atoms with E-state index >= 15 is 0 Å². The number of rotatable bonds is 5. The minimum absolute atomic E-state index is 0.218. The van der Waals surface area contributed by atoms with Gasteiger partial charge in [-0.15, -0.1) is 11.3 Å². The molecule has 1 N–H and O–H groups in total. The average molecular weight is 282 g/mol. The van der Waals surface area contributed by atoms with E-state index in [1.165, 1.54) is 15.8 Å². The summed E-state index contributed by atoms with van der Waals surface area (Å²) in [5.41, 5.74) is 3.61. The topological polar surface area (TPSA) is 24.9 Å². The van der Waals surface area contributed by atoms with E-state index in [1.807, 2.05) is 6.20 Å². The Morgan fingerprint density at radius 1 is 1.15 bits per heavy atom. The summed E-state index contributed by atoms with van der Waals surface area (Å²) in [6.45, 7) is 3.19. The first kappa shape index (κ1) is 13.3. The van der Waals surface area contributed by atoms with Crippen LogP contribution in [0.3, 0.4) is 0 Å². The molecule has 0 amide bonds. The summed E-state index contributed by atoms with van der Waals surface area (Å²) in [7, 11) is 0. The molecule has 0 fully saturated rings. The fraction of sp³-hybridized carbons (Fsp3) is 0.235. The second-order valence-corrected chi connectivity index (χ2v) is 5.82. The van der Waals surface area contributed by atoms with Crippen molar-refractivity contribution in [2.45, 2.75) is 19.4 Å². The Hall–Kier alpha value is -1.71. The summed E-state index contributed by atoms with van der Waals surface area (Å²) in [5, 5.41) is 5.72. The molecule has 2 aromatic heterocycles. The Balaban J connectivity index is 1.99. The lowest BCUT2D eigenvalue weighted by atomic mass is 10.00. The number of pyridine rings is 1. The molecule has 2 nitrogen and oxygen atoms in total. The highest BCUT2D eigenvalue weighted by Gasteiger charge is 2.14.